The van der Waals surface area contributed by atoms with E-state index in [0.29, 0.717) is 6.54 Å². The fourth-order valence-electron chi connectivity index (χ4n) is 2.18. The molecule has 2 amide bonds. The van der Waals surface area contributed by atoms with Crippen LogP contribution >= 0.6 is 23.1 Å². The lowest BCUT2D eigenvalue weighted by Crippen LogP contribution is -2.37. The van der Waals surface area contributed by atoms with Gasteiger partial charge in [-0.05, 0) is 12.8 Å². The van der Waals surface area contributed by atoms with Gasteiger partial charge in [-0.2, -0.15) is 11.8 Å². The van der Waals surface area contributed by atoms with Gasteiger partial charge in [-0.25, -0.2) is 9.78 Å². The summed E-state index contributed by atoms with van der Waals surface area (Å²) >= 11 is 3.58. The molecule has 106 valence electrons. The minimum absolute atomic E-state index is 0.0118. The maximum atomic E-state index is 11.8. The van der Waals surface area contributed by atoms with E-state index in [4.69, 9.17) is 0 Å². The van der Waals surface area contributed by atoms with Crippen molar-refractivity contribution in [3.63, 3.8) is 0 Å². The Balaban J connectivity index is 1.58. The largest absolute Gasteiger partial charge is 0.337 e. The third kappa shape index (κ3) is 5.03. The number of amides is 2. The van der Waals surface area contributed by atoms with Crippen molar-refractivity contribution in [1.29, 1.82) is 0 Å². The number of hydrogen-bond donors (Lipinski definition) is 1. The molecule has 6 heteroatoms. The molecule has 0 atom stereocenters. The Bertz CT molecular complexity index is 377. The van der Waals surface area contributed by atoms with Gasteiger partial charge in [-0.1, -0.05) is 12.8 Å². The average Bonchev–Trinajstić information content (AvgIpc) is 3.07. The second-order valence-corrected chi connectivity index (χ2v) is 7.18. The van der Waals surface area contributed by atoms with Crippen LogP contribution in [0.2, 0.25) is 0 Å². The van der Waals surface area contributed by atoms with Gasteiger partial charge in [0, 0.05) is 36.2 Å². The first-order chi connectivity index (χ1) is 9.25. The minimum atomic E-state index is -0.0118. The van der Waals surface area contributed by atoms with E-state index in [9.17, 15) is 4.79 Å². The lowest BCUT2D eigenvalue weighted by Gasteiger charge is -2.17. The second kappa shape index (κ2) is 7.75. The minimum Gasteiger partial charge on any atom is -0.337 e. The molecular weight excluding hydrogens is 278 g/mol. The summed E-state index contributed by atoms with van der Waals surface area (Å²) in [5.41, 5.74) is 0. The monoisotopic (exact) mass is 299 g/mol. The van der Waals surface area contributed by atoms with Crippen molar-refractivity contribution in [3.05, 3.63) is 16.6 Å². The lowest BCUT2D eigenvalue weighted by molar-refractivity contribution is 0.207. The summed E-state index contributed by atoms with van der Waals surface area (Å²) in [7, 11) is 1.81. The van der Waals surface area contributed by atoms with Gasteiger partial charge in [0.15, 0.2) is 0 Å². The molecule has 1 N–H and O–H groups in total. The van der Waals surface area contributed by atoms with Gasteiger partial charge in [0.2, 0.25) is 0 Å². The van der Waals surface area contributed by atoms with Gasteiger partial charge >= 0.3 is 6.03 Å². The van der Waals surface area contributed by atoms with E-state index in [-0.39, 0.29) is 6.03 Å². The summed E-state index contributed by atoms with van der Waals surface area (Å²) in [5, 5.41) is 6.69. The molecule has 4 nitrogen and oxygen atoms in total. The van der Waals surface area contributed by atoms with Crippen molar-refractivity contribution in [2.45, 2.75) is 37.5 Å². The van der Waals surface area contributed by atoms with E-state index < -0.39 is 0 Å². The molecule has 0 aromatic carbocycles. The highest BCUT2D eigenvalue weighted by Crippen LogP contribution is 2.28. The van der Waals surface area contributed by atoms with Gasteiger partial charge in [-0.15, -0.1) is 11.3 Å². The van der Waals surface area contributed by atoms with E-state index in [1.54, 1.807) is 29.5 Å². The first kappa shape index (κ1) is 14.7. The Hall–Kier alpha value is -0.750. The quantitative estimate of drug-likeness (QED) is 0.821. The molecular formula is C13H21N3OS2. The van der Waals surface area contributed by atoms with Crippen molar-refractivity contribution in [1.82, 2.24) is 15.2 Å². The maximum Gasteiger partial charge on any atom is 0.317 e. The first-order valence-corrected chi connectivity index (χ1v) is 8.67. The van der Waals surface area contributed by atoms with E-state index in [0.717, 1.165) is 22.6 Å². The zero-order chi connectivity index (χ0) is 13.5. The molecule has 0 unspecified atom stereocenters. The van der Waals surface area contributed by atoms with Crippen LogP contribution in [0.1, 0.15) is 30.7 Å². The standard InChI is InChI=1S/C13H21N3OS2/c1-16(10-12-14-6-9-19-12)13(17)15-7-8-18-11-4-2-3-5-11/h6,9,11H,2-5,7-8,10H2,1H3,(H,15,17). The molecule has 1 aliphatic rings. The molecule has 1 saturated carbocycles. The van der Waals surface area contributed by atoms with Crippen LogP contribution in [0.4, 0.5) is 4.79 Å². The predicted octanol–water partition coefficient (Wildman–Crippen LogP) is 2.96. The Labute approximate surface area is 123 Å². The molecule has 2 rings (SSSR count). The number of hydrogen-bond acceptors (Lipinski definition) is 4. The third-order valence-corrected chi connectivity index (χ3v) is 5.38. The van der Waals surface area contributed by atoms with Gasteiger partial charge in [-0.3, -0.25) is 0 Å². The van der Waals surface area contributed by atoms with Gasteiger partial charge in [0.1, 0.15) is 5.01 Å². The maximum absolute atomic E-state index is 11.8. The van der Waals surface area contributed by atoms with Crippen molar-refractivity contribution >= 4 is 29.1 Å². The van der Waals surface area contributed by atoms with E-state index in [1.165, 1.54) is 25.7 Å². The van der Waals surface area contributed by atoms with Crippen LogP contribution in [0.3, 0.4) is 0 Å². The topological polar surface area (TPSA) is 45.2 Å². The van der Waals surface area contributed by atoms with E-state index in [1.807, 2.05) is 17.1 Å². The molecule has 0 spiro atoms. The van der Waals surface area contributed by atoms with Crippen LogP contribution in [-0.4, -0.2) is 40.5 Å². The highest BCUT2D eigenvalue weighted by atomic mass is 32.2. The van der Waals surface area contributed by atoms with Crippen LogP contribution < -0.4 is 5.32 Å². The number of aromatic nitrogens is 1. The summed E-state index contributed by atoms with van der Waals surface area (Å²) in [6.07, 6.45) is 7.22. The SMILES string of the molecule is CN(Cc1nccs1)C(=O)NCCSC1CCCC1. The summed E-state index contributed by atoms with van der Waals surface area (Å²) < 4.78 is 0. The second-order valence-electron chi connectivity index (χ2n) is 4.79. The lowest BCUT2D eigenvalue weighted by atomic mass is 10.4. The number of rotatable bonds is 6. The van der Waals surface area contributed by atoms with Crippen molar-refractivity contribution in [3.8, 4) is 0 Å². The Kier molecular flexibility index (Phi) is 5.97. The van der Waals surface area contributed by atoms with Gasteiger partial charge < -0.3 is 10.2 Å². The van der Waals surface area contributed by atoms with Crippen LogP contribution in [0, 0.1) is 0 Å². The summed E-state index contributed by atoms with van der Waals surface area (Å²) in [4.78, 5) is 17.7. The molecule has 0 radical (unpaired) electrons. The fraction of sp³-hybridized carbons (Fsp3) is 0.692. The van der Waals surface area contributed by atoms with Gasteiger partial charge in [0.05, 0.1) is 6.54 Å². The van der Waals surface area contributed by atoms with Crippen molar-refractivity contribution < 1.29 is 4.79 Å². The smallest absolute Gasteiger partial charge is 0.317 e. The molecule has 1 heterocycles. The Morgan fingerprint density at radius 1 is 1.58 bits per heavy atom. The van der Waals surface area contributed by atoms with Crippen molar-refractivity contribution in [2.24, 2.45) is 0 Å². The van der Waals surface area contributed by atoms with E-state index >= 15 is 0 Å². The summed E-state index contributed by atoms with van der Waals surface area (Å²) in [5.74, 6) is 1.02. The summed E-state index contributed by atoms with van der Waals surface area (Å²) in [6, 6.07) is -0.0118. The summed E-state index contributed by atoms with van der Waals surface area (Å²) in [6.45, 7) is 1.33. The molecule has 1 fully saturated rings. The molecule has 0 bridgehead atoms. The number of thiazole rings is 1. The average molecular weight is 299 g/mol. The third-order valence-electron chi connectivity index (χ3n) is 3.24. The predicted molar refractivity (Wildman–Crippen MR) is 81.7 cm³/mol. The number of nitrogens with zero attached hydrogens (tertiary/aromatic N) is 2. The van der Waals surface area contributed by atoms with Crippen molar-refractivity contribution in [2.75, 3.05) is 19.3 Å². The number of urea groups is 1. The normalized spacial score (nSPS) is 15.6. The molecule has 1 aromatic rings. The van der Waals surface area contributed by atoms with Gasteiger partial charge in [0.25, 0.3) is 0 Å². The van der Waals surface area contributed by atoms with Crippen LogP contribution in [0.15, 0.2) is 11.6 Å². The molecule has 19 heavy (non-hydrogen) atoms. The highest BCUT2D eigenvalue weighted by molar-refractivity contribution is 7.99. The molecule has 0 aliphatic heterocycles. The number of carbonyl (C=O) groups is 1. The molecule has 1 aromatic heterocycles. The zero-order valence-corrected chi connectivity index (χ0v) is 12.9. The Morgan fingerprint density at radius 2 is 2.37 bits per heavy atom. The molecule has 1 aliphatic carbocycles. The number of nitrogens with one attached hydrogen (secondary N) is 1. The van der Waals surface area contributed by atoms with Crippen LogP contribution in [-0.2, 0) is 6.54 Å². The first-order valence-electron chi connectivity index (χ1n) is 6.74. The van der Waals surface area contributed by atoms with Crippen LogP contribution in [0.5, 0.6) is 0 Å². The highest BCUT2D eigenvalue weighted by Gasteiger charge is 2.15. The number of thioether (sulfide) groups is 1. The fourth-order valence-corrected chi connectivity index (χ4v) is 4.07. The Morgan fingerprint density at radius 3 is 3.05 bits per heavy atom. The number of carbonyl (C=O) groups excluding carboxylic acids is 1. The van der Waals surface area contributed by atoms with Crippen LogP contribution in [0.25, 0.3) is 0 Å². The zero-order valence-electron chi connectivity index (χ0n) is 11.3. The molecule has 0 saturated heterocycles. The van der Waals surface area contributed by atoms with E-state index in [2.05, 4.69) is 10.3 Å².